The maximum Gasteiger partial charge on any atom is 0.176 e. The van der Waals surface area contributed by atoms with Crippen LogP contribution in [0.2, 0.25) is 0 Å². The number of hydrogen-bond donors (Lipinski definition) is 2. The highest BCUT2D eigenvalue weighted by Gasteiger charge is 2.18. The van der Waals surface area contributed by atoms with Crippen LogP contribution < -0.4 is 9.47 Å². The van der Waals surface area contributed by atoms with Gasteiger partial charge in [-0.3, -0.25) is 4.79 Å². The second kappa shape index (κ2) is 8.08. The molecule has 0 unspecified atom stereocenters. The van der Waals surface area contributed by atoms with Gasteiger partial charge >= 0.3 is 0 Å². The largest absolute Gasteiger partial charge is 0.508 e. The molecule has 1 aliphatic heterocycles. The monoisotopic (exact) mass is 412 g/mol. The van der Waals surface area contributed by atoms with E-state index in [-0.39, 0.29) is 28.6 Å². The van der Waals surface area contributed by atoms with E-state index in [1.165, 1.54) is 23.9 Å². The van der Waals surface area contributed by atoms with Gasteiger partial charge in [0.1, 0.15) is 24.7 Å². The second-order valence-corrected chi connectivity index (χ2v) is 7.38. The van der Waals surface area contributed by atoms with Crippen molar-refractivity contribution < 1.29 is 24.5 Å². The van der Waals surface area contributed by atoms with Crippen LogP contribution in [0.25, 0.3) is 11.3 Å². The molecule has 1 aliphatic rings. The lowest BCUT2D eigenvalue weighted by Gasteiger charge is -2.19. The maximum atomic E-state index is 12.5. The SMILES string of the molecule is CCn1c(-c2ccc3c(c2)OCCO3)cnc1SCC(=O)c1ccc(O)cc1O. The third-order valence-electron chi connectivity index (χ3n) is 4.59. The third-order valence-corrected chi connectivity index (χ3v) is 5.58. The molecule has 0 radical (unpaired) electrons. The molecule has 3 aromatic rings. The van der Waals surface area contributed by atoms with Crippen molar-refractivity contribution in [3.63, 3.8) is 0 Å². The fourth-order valence-corrected chi connectivity index (χ4v) is 4.10. The summed E-state index contributed by atoms with van der Waals surface area (Å²) >= 11 is 1.30. The first-order chi connectivity index (χ1) is 14.1. The van der Waals surface area contributed by atoms with Crippen LogP contribution in [0.4, 0.5) is 0 Å². The molecule has 0 spiro atoms. The predicted molar refractivity (Wildman–Crippen MR) is 109 cm³/mol. The lowest BCUT2D eigenvalue weighted by molar-refractivity contribution is 0.102. The molecule has 2 N–H and O–H groups in total. The summed E-state index contributed by atoms with van der Waals surface area (Å²) < 4.78 is 13.3. The fraction of sp³-hybridized carbons (Fsp3) is 0.238. The number of thioether (sulfide) groups is 1. The Kier molecular flexibility index (Phi) is 5.35. The number of benzene rings is 2. The Labute approximate surface area is 171 Å². The standard InChI is InChI=1S/C21H20N2O5S/c1-2-23-16(13-3-6-19-20(9-13)28-8-7-27-19)11-22-21(23)29-12-18(26)15-5-4-14(24)10-17(15)25/h3-6,9-11,24-25H,2,7-8,12H2,1H3. The predicted octanol–water partition coefficient (Wildman–Crippen LogP) is 3.73. The Morgan fingerprint density at radius 3 is 2.69 bits per heavy atom. The number of nitrogens with zero attached hydrogens (tertiary/aromatic N) is 2. The van der Waals surface area contributed by atoms with Crippen molar-refractivity contribution in [2.75, 3.05) is 19.0 Å². The number of phenols is 2. The fourth-order valence-electron chi connectivity index (χ4n) is 3.18. The highest BCUT2D eigenvalue weighted by Crippen LogP contribution is 2.36. The molecule has 2 heterocycles. The van der Waals surface area contributed by atoms with E-state index in [9.17, 15) is 15.0 Å². The summed E-state index contributed by atoms with van der Waals surface area (Å²) in [7, 11) is 0. The zero-order valence-corrected chi connectivity index (χ0v) is 16.6. The summed E-state index contributed by atoms with van der Waals surface area (Å²) in [6.45, 7) is 3.77. The van der Waals surface area contributed by atoms with Gasteiger partial charge in [-0.2, -0.15) is 0 Å². The van der Waals surface area contributed by atoms with Crippen LogP contribution in [0, 0.1) is 0 Å². The van der Waals surface area contributed by atoms with Gasteiger partial charge in [0.05, 0.1) is 23.2 Å². The highest BCUT2D eigenvalue weighted by atomic mass is 32.2. The van der Waals surface area contributed by atoms with Crippen molar-refractivity contribution in [3.8, 4) is 34.3 Å². The Morgan fingerprint density at radius 1 is 1.14 bits per heavy atom. The number of carbonyl (C=O) groups is 1. The summed E-state index contributed by atoms with van der Waals surface area (Å²) in [4.78, 5) is 16.9. The quantitative estimate of drug-likeness (QED) is 0.471. The number of fused-ring (bicyclic) bond motifs is 1. The topological polar surface area (TPSA) is 93.8 Å². The molecular weight excluding hydrogens is 392 g/mol. The summed E-state index contributed by atoms with van der Waals surface area (Å²) in [6, 6.07) is 9.74. The van der Waals surface area contributed by atoms with Crippen molar-refractivity contribution >= 4 is 17.5 Å². The van der Waals surface area contributed by atoms with E-state index in [4.69, 9.17) is 9.47 Å². The van der Waals surface area contributed by atoms with E-state index in [0.717, 1.165) is 23.1 Å². The molecule has 1 aromatic heterocycles. The first kappa shape index (κ1) is 19.2. The van der Waals surface area contributed by atoms with Crippen LogP contribution in [-0.4, -0.2) is 44.5 Å². The van der Waals surface area contributed by atoms with E-state index in [1.54, 1.807) is 6.20 Å². The Balaban J connectivity index is 1.54. The van der Waals surface area contributed by atoms with Gasteiger partial charge in [-0.25, -0.2) is 4.98 Å². The van der Waals surface area contributed by atoms with Gasteiger partial charge in [0.15, 0.2) is 22.4 Å². The number of imidazole rings is 1. The molecule has 0 amide bonds. The molecule has 29 heavy (non-hydrogen) atoms. The van der Waals surface area contributed by atoms with E-state index in [0.29, 0.717) is 30.7 Å². The smallest absolute Gasteiger partial charge is 0.176 e. The van der Waals surface area contributed by atoms with Gasteiger partial charge in [0.25, 0.3) is 0 Å². The molecule has 0 saturated carbocycles. The number of Topliss-reactive ketones (excluding diaryl/α,β-unsaturated/α-hetero) is 1. The summed E-state index contributed by atoms with van der Waals surface area (Å²) in [5.74, 6) is 1.01. The maximum absolute atomic E-state index is 12.5. The first-order valence-electron chi connectivity index (χ1n) is 9.20. The molecule has 8 heteroatoms. The van der Waals surface area contributed by atoms with Gasteiger partial charge in [0.2, 0.25) is 0 Å². The number of carbonyl (C=O) groups excluding carboxylic acids is 1. The molecule has 0 fully saturated rings. The van der Waals surface area contributed by atoms with Crippen molar-refractivity contribution in [3.05, 3.63) is 48.2 Å². The number of ether oxygens (including phenoxy) is 2. The molecule has 0 aliphatic carbocycles. The normalized spacial score (nSPS) is 12.7. The summed E-state index contributed by atoms with van der Waals surface area (Å²) in [6.07, 6.45) is 1.78. The average molecular weight is 412 g/mol. The molecule has 0 atom stereocenters. The highest BCUT2D eigenvalue weighted by molar-refractivity contribution is 7.99. The lowest BCUT2D eigenvalue weighted by Crippen LogP contribution is -2.15. The zero-order chi connectivity index (χ0) is 20.4. The molecule has 4 rings (SSSR count). The molecule has 2 aromatic carbocycles. The van der Waals surface area contributed by atoms with E-state index >= 15 is 0 Å². The van der Waals surface area contributed by atoms with E-state index in [1.807, 2.05) is 29.7 Å². The molecule has 0 bridgehead atoms. The Morgan fingerprint density at radius 2 is 1.93 bits per heavy atom. The summed E-state index contributed by atoms with van der Waals surface area (Å²) in [5.41, 5.74) is 2.06. The number of aromatic nitrogens is 2. The summed E-state index contributed by atoms with van der Waals surface area (Å²) in [5, 5.41) is 20.0. The number of ketones is 1. The van der Waals surface area contributed by atoms with Crippen molar-refractivity contribution in [1.82, 2.24) is 9.55 Å². The van der Waals surface area contributed by atoms with Gasteiger partial charge < -0.3 is 24.3 Å². The first-order valence-corrected chi connectivity index (χ1v) is 10.2. The van der Waals surface area contributed by atoms with Crippen LogP contribution >= 0.6 is 11.8 Å². The van der Waals surface area contributed by atoms with E-state index < -0.39 is 0 Å². The second-order valence-electron chi connectivity index (χ2n) is 6.44. The molecule has 7 nitrogen and oxygen atoms in total. The van der Waals surface area contributed by atoms with Crippen molar-refractivity contribution in [1.29, 1.82) is 0 Å². The van der Waals surface area contributed by atoms with Crippen molar-refractivity contribution in [2.45, 2.75) is 18.6 Å². The molecule has 150 valence electrons. The number of phenolic OH excluding ortho intramolecular Hbond substituents is 2. The van der Waals surface area contributed by atoms with Crippen LogP contribution in [0.5, 0.6) is 23.0 Å². The number of hydrogen-bond acceptors (Lipinski definition) is 7. The van der Waals surface area contributed by atoms with Gasteiger partial charge in [-0.05, 0) is 37.3 Å². The lowest BCUT2D eigenvalue weighted by atomic mass is 10.1. The van der Waals surface area contributed by atoms with E-state index in [2.05, 4.69) is 4.98 Å². The van der Waals surface area contributed by atoms with Gasteiger partial charge in [-0.15, -0.1) is 0 Å². The van der Waals surface area contributed by atoms with Crippen LogP contribution in [0.3, 0.4) is 0 Å². The van der Waals surface area contributed by atoms with Gasteiger partial charge in [-0.1, -0.05) is 11.8 Å². The van der Waals surface area contributed by atoms with Crippen LogP contribution in [0.1, 0.15) is 17.3 Å². The van der Waals surface area contributed by atoms with Crippen LogP contribution in [-0.2, 0) is 6.54 Å². The minimum absolute atomic E-state index is 0.0858. The minimum Gasteiger partial charge on any atom is -0.508 e. The average Bonchev–Trinajstić information content (AvgIpc) is 3.14. The zero-order valence-electron chi connectivity index (χ0n) is 15.8. The van der Waals surface area contributed by atoms with Gasteiger partial charge in [0, 0.05) is 18.2 Å². The Hall–Kier alpha value is -3.13. The molecular formula is C21H20N2O5S. The van der Waals surface area contributed by atoms with Crippen molar-refractivity contribution in [2.24, 2.45) is 0 Å². The third kappa shape index (κ3) is 3.88. The molecule has 0 saturated heterocycles. The number of aromatic hydroxyl groups is 2. The Bertz CT molecular complexity index is 1060. The number of rotatable bonds is 6. The van der Waals surface area contributed by atoms with Crippen LogP contribution in [0.15, 0.2) is 47.8 Å². The minimum atomic E-state index is -0.237.